The molecule has 1 heterocycles. The lowest BCUT2D eigenvalue weighted by atomic mass is 9.88. The first kappa shape index (κ1) is 15.1. The summed E-state index contributed by atoms with van der Waals surface area (Å²) in [5.41, 5.74) is 4.10. The summed E-state index contributed by atoms with van der Waals surface area (Å²) in [6, 6.07) is -6.04. The number of halogens is 1. The van der Waals surface area contributed by atoms with Gasteiger partial charge in [0, 0.05) is 35.7 Å². The van der Waals surface area contributed by atoms with Gasteiger partial charge in [-0.2, -0.15) is 0 Å². The summed E-state index contributed by atoms with van der Waals surface area (Å²) >= 11 is 0. The summed E-state index contributed by atoms with van der Waals surface area (Å²) in [6.07, 6.45) is 1.82. The number of Topliss-reactive ketones (excluding diaryl/α,β-unsaturated/α-hetero) is 1. The van der Waals surface area contributed by atoms with E-state index in [0.29, 0.717) is 6.42 Å². The summed E-state index contributed by atoms with van der Waals surface area (Å²) in [4.78, 5) is 22.4. The molecule has 0 bridgehead atoms. The Balaban J connectivity index is -0.000000643. The number of rotatable bonds is 8. The number of nitrogens with one attached hydrogen (secondary N) is 1. The molecule has 8 nitrogen and oxygen atoms in total. The molecule has 31 heavy (non-hydrogen) atoms. The summed E-state index contributed by atoms with van der Waals surface area (Å²) in [7, 11) is 0. The zero-order valence-electron chi connectivity index (χ0n) is 32.6. The average Bonchev–Trinajstić information content (AvgIpc) is 2.83. The topological polar surface area (TPSA) is 120 Å². The Hall–Kier alpha value is -0.930. The summed E-state index contributed by atoms with van der Waals surface area (Å²) < 4.78 is 113. The Morgan fingerprint density at radius 1 is 1.32 bits per heavy atom. The molecular formula is C22H47ClN2O6. The van der Waals surface area contributed by atoms with Crippen LogP contribution >= 0.6 is 12.4 Å². The molecule has 0 aliphatic carbocycles. The second-order valence-corrected chi connectivity index (χ2v) is 7.21. The van der Waals surface area contributed by atoms with Crippen LogP contribution in [0.4, 0.5) is 4.79 Å². The van der Waals surface area contributed by atoms with Gasteiger partial charge in [-0.3, -0.25) is 4.79 Å². The number of ketones is 1. The lowest BCUT2D eigenvalue weighted by molar-refractivity contribution is -0.248. The highest BCUT2D eigenvalue weighted by Gasteiger charge is 2.30. The van der Waals surface area contributed by atoms with E-state index in [1.165, 1.54) is 0 Å². The predicted octanol–water partition coefficient (Wildman–Crippen LogP) is 3.81. The number of hydrogen-bond donors (Lipinski definition) is 3. The van der Waals surface area contributed by atoms with Gasteiger partial charge < -0.3 is 30.4 Å². The second-order valence-electron chi connectivity index (χ2n) is 7.21. The molecule has 188 valence electrons. The third-order valence-corrected chi connectivity index (χ3v) is 3.80. The van der Waals surface area contributed by atoms with Gasteiger partial charge >= 0.3 is 6.09 Å². The van der Waals surface area contributed by atoms with Crippen LogP contribution < -0.4 is 11.1 Å². The molecule has 1 aliphatic heterocycles. The molecule has 9 heteroatoms. The predicted molar refractivity (Wildman–Crippen MR) is 127 cm³/mol. The molecule has 0 saturated carbocycles. The van der Waals surface area contributed by atoms with Gasteiger partial charge in [-0.05, 0) is 33.1 Å². The molecule has 0 aromatic carbocycles. The van der Waals surface area contributed by atoms with E-state index >= 15 is 0 Å². The van der Waals surface area contributed by atoms with E-state index in [-0.39, 0.29) is 44.6 Å². The molecule has 1 amide bonds. The average molecular weight is 485 g/mol. The van der Waals surface area contributed by atoms with Crippen molar-refractivity contribution in [3.05, 3.63) is 0 Å². The van der Waals surface area contributed by atoms with Crippen molar-refractivity contribution < 1.29 is 48.1 Å². The van der Waals surface area contributed by atoms with E-state index in [2.05, 4.69) is 6.92 Å². The minimum atomic E-state index is -3.26. The third kappa shape index (κ3) is 20.7. The van der Waals surface area contributed by atoms with Gasteiger partial charge in [-0.15, -0.1) is 12.4 Å². The fourth-order valence-corrected chi connectivity index (χ4v) is 2.33. The maximum atomic E-state index is 11.7. The van der Waals surface area contributed by atoms with Crippen molar-refractivity contribution in [2.24, 2.45) is 11.1 Å². The van der Waals surface area contributed by atoms with Crippen LogP contribution in [0.2, 0.25) is 0 Å². The summed E-state index contributed by atoms with van der Waals surface area (Å²) in [5, 5.41) is 10.9. The van der Waals surface area contributed by atoms with Gasteiger partial charge in [-0.25, -0.2) is 4.79 Å². The van der Waals surface area contributed by atoms with Gasteiger partial charge in [-0.1, -0.05) is 47.3 Å². The SMILES string of the molecule is CCCC1(C)OCC(=O)CO1.Cl.[2H]C([2H])([2H])C([2H])(N)C([2H])([2H])[2H].[2H]C([2H])([2H])C([2H])(NC(=O)OCC(C)(CO)CCC)C([2H])([2H])[2H]. The second kappa shape index (κ2) is 18.6. The quantitative estimate of drug-likeness (QED) is 0.478. The lowest BCUT2D eigenvalue weighted by Gasteiger charge is -2.32. The van der Waals surface area contributed by atoms with Gasteiger partial charge in [0.1, 0.15) is 19.8 Å². The standard InChI is InChI=1S/C11H23NO3.C8H14O3.C3H9N.ClH/c1-5-6-11(4,7-13)8-15-10(14)12-9(2)3;1-3-4-8(2)10-5-7(9)6-11-8;1-3(2)4;/h9,13H,5-8H2,1-4H3,(H,12,14);3-6H2,1-2H3;3H,4H2,1-2H3;1H/i2D3,3D3,9D;;1D3,2D3,3D;. The van der Waals surface area contributed by atoms with Gasteiger partial charge in [0.25, 0.3) is 0 Å². The van der Waals surface area contributed by atoms with Crippen LogP contribution in [0.3, 0.4) is 0 Å². The van der Waals surface area contributed by atoms with Crippen molar-refractivity contribution >= 4 is 24.3 Å². The number of alkyl carbamates (subject to hydrolysis) is 1. The van der Waals surface area contributed by atoms with Crippen molar-refractivity contribution in [1.29, 1.82) is 0 Å². The van der Waals surface area contributed by atoms with E-state index < -0.39 is 56.7 Å². The van der Waals surface area contributed by atoms with Crippen molar-refractivity contribution in [2.45, 2.75) is 98.6 Å². The monoisotopic (exact) mass is 484 g/mol. The number of ether oxygens (including phenoxy) is 3. The van der Waals surface area contributed by atoms with Crippen LogP contribution in [0.15, 0.2) is 0 Å². The number of hydrogen-bond acceptors (Lipinski definition) is 7. The molecule has 0 radical (unpaired) electrons. The molecule has 1 rings (SSSR count). The fourth-order valence-electron chi connectivity index (χ4n) is 2.33. The number of aliphatic hydroxyl groups excluding tert-OH is 1. The molecule has 1 unspecified atom stereocenters. The number of amides is 1. The maximum absolute atomic E-state index is 11.7. The van der Waals surface area contributed by atoms with Crippen LogP contribution in [0.25, 0.3) is 0 Å². The Morgan fingerprint density at radius 3 is 2.29 bits per heavy atom. The number of aliphatic hydroxyl groups is 1. The van der Waals surface area contributed by atoms with Crippen molar-refractivity contribution in [3.63, 3.8) is 0 Å². The van der Waals surface area contributed by atoms with Crippen LogP contribution in [-0.2, 0) is 19.0 Å². The molecule has 0 aromatic heterocycles. The van der Waals surface area contributed by atoms with E-state index in [9.17, 15) is 14.7 Å². The molecule has 1 atom stereocenters. The van der Waals surface area contributed by atoms with E-state index in [4.69, 9.17) is 39.1 Å². The van der Waals surface area contributed by atoms with Crippen molar-refractivity contribution in [2.75, 3.05) is 26.4 Å². The summed E-state index contributed by atoms with van der Waals surface area (Å²) in [5.74, 6) is -0.485. The maximum Gasteiger partial charge on any atom is 0.407 e. The first-order valence-corrected chi connectivity index (χ1v) is 9.53. The molecule has 0 spiro atoms. The largest absolute Gasteiger partial charge is 0.449 e. The number of carbonyl (C=O) groups excluding carboxylic acids is 2. The highest BCUT2D eigenvalue weighted by atomic mass is 35.5. The van der Waals surface area contributed by atoms with Crippen LogP contribution in [-0.4, -0.2) is 61.2 Å². The molecular weight excluding hydrogens is 424 g/mol. The minimum absolute atomic E-state index is 0. The Morgan fingerprint density at radius 2 is 1.90 bits per heavy atom. The Bertz CT molecular complexity index is 873. The zero-order valence-corrected chi connectivity index (χ0v) is 19.4. The van der Waals surface area contributed by atoms with Gasteiger partial charge in [0.05, 0.1) is 7.98 Å². The normalized spacial score (nSPS) is 25.7. The van der Waals surface area contributed by atoms with Crippen molar-refractivity contribution in [1.82, 2.24) is 5.32 Å². The fraction of sp³-hybridized carbons (Fsp3) is 0.909. The zero-order chi connectivity index (χ0) is 35.6. The van der Waals surface area contributed by atoms with E-state index in [1.54, 1.807) is 12.2 Å². The molecule has 4 N–H and O–H groups in total. The first-order chi connectivity index (χ1) is 19.4. The molecule has 1 saturated heterocycles. The number of nitrogens with two attached hydrogens (primary N) is 1. The lowest BCUT2D eigenvalue weighted by Crippen LogP contribution is -2.41. The van der Waals surface area contributed by atoms with Gasteiger partial charge in [0.15, 0.2) is 11.6 Å². The van der Waals surface area contributed by atoms with Gasteiger partial charge in [0.2, 0.25) is 0 Å². The van der Waals surface area contributed by atoms with E-state index in [1.807, 2.05) is 13.8 Å². The van der Waals surface area contributed by atoms with Crippen LogP contribution in [0.5, 0.6) is 0 Å². The first-order valence-electron chi connectivity index (χ1n) is 16.5. The Kier molecular flexibility index (Phi) is 9.05. The number of carbonyl (C=O) groups is 2. The molecule has 0 aromatic rings. The smallest absolute Gasteiger partial charge is 0.407 e. The minimum Gasteiger partial charge on any atom is -0.449 e. The Labute approximate surface area is 215 Å². The highest BCUT2D eigenvalue weighted by Crippen LogP contribution is 2.23. The van der Waals surface area contributed by atoms with Crippen LogP contribution in [0.1, 0.15) is 100.0 Å². The summed E-state index contributed by atoms with van der Waals surface area (Å²) in [6.45, 7) is -5.07. The molecule has 1 aliphatic rings. The highest BCUT2D eigenvalue weighted by molar-refractivity contribution is 5.85. The molecule has 1 fully saturated rings. The van der Waals surface area contributed by atoms with E-state index in [0.717, 1.165) is 19.3 Å². The van der Waals surface area contributed by atoms with Crippen molar-refractivity contribution in [3.8, 4) is 0 Å². The third-order valence-electron chi connectivity index (χ3n) is 3.80. The van der Waals surface area contributed by atoms with Crippen LogP contribution in [0, 0.1) is 5.41 Å².